The van der Waals surface area contributed by atoms with Crippen LogP contribution < -0.4 is 16.6 Å². The van der Waals surface area contributed by atoms with Crippen LogP contribution in [0, 0.1) is 0 Å². The molecule has 8 nitrogen and oxygen atoms in total. The molecule has 168 valence electrons. The van der Waals surface area contributed by atoms with Gasteiger partial charge in [0.1, 0.15) is 5.82 Å². The van der Waals surface area contributed by atoms with Crippen LogP contribution in [0.2, 0.25) is 0 Å². The van der Waals surface area contributed by atoms with Gasteiger partial charge in [0.2, 0.25) is 11.8 Å². The maximum Gasteiger partial charge on any atom is 0.332 e. The third-order valence-corrected chi connectivity index (χ3v) is 6.53. The molecule has 3 heterocycles. The number of amides is 2. The summed E-state index contributed by atoms with van der Waals surface area (Å²) in [5, 5.41) is 2.71. The van der Waals surface area contributed by atoms with E-state index in [1.54, 1.807) is 4.90 Å². The second kappa shape index (κ2) is 8.20. The number of aromatic nitrogens is 2. The molecule has 1 atom stereocenters. The molecule has 2 aromatic carbocycles. The lowest BCUT2D eigenvalue weighted by atomic mass is 9.96. The number of hydrogen-bond donors (Lipinski definition) is 1. The van der Waals surface area contributed by atoms with Crippen molar-refractivity contribution in [2.75, 3.05) is 11.9 Å². The Morgan fingerprint density at radius 2 is 1.70 bits per heavy atom. The standard InChI is InChI=1S/C25H24N4O4/c1-27-24(32)21-19(13-20(30)28-12-11-17-9-5-6-10-18(17)15-28)23(31)26-22(21)29(25(27)33)14-16-7-3-2-4-8-16/h2-10,19H,11-15H2,1H3,(H,26,31)/t19-/m1/s1. The smallest absolute Gasteiger partial charge is 0.332 e. The van der Waals surface area contributed by atoms with Crippen molar-refractivity contribution in [1.29, 1.82) is 0 Å². The number of hydrogen-bond acceptors (Lipinski definition) is 4. The minimum atomic E-state index is -0.925. The highest BCUT2D eigenvalue weighted by Crippen LogP contribution is 2.32. The fourth-order valence-corrected chi connectivity index (χ4v) is 4.69. The lowest BCUT2D eigenvalue weighted by Gasteiger charge is -2.29. The molecule has 33 heavy (non-hydrogen) atoms. The molecule has 0 saturated heterocycles. The number of rotatable bonds is 4. The molecule has 0 aliphatic carbocycles. The van der Waals surface area contributed by atoms with E-state index in [4.69, 9.17) is 0 Å². The summed E-state index contributed by atoms with van der Waals surface area (Å²) >= 11 is 0. The first kappa shape index (κ1) is 20.9. The molecule has 0 saturated carbocycles. The average Bonchev–Trinajstić information content (AvgIpc) is 3.16. The third-order valence-electron chi connectivity index (χ3n) is 6.53. The van der Waals surface area contributed by atoms with Crippen LogP contribution in [-0.4, -0.2) is 32.4 Å². The van der Waals surface area contributed by atoms with Crippen LogP contribution in [0.5, 0.6) is 0 Å². The van der Waals surface area contributed by atoms with Gasteiger partial charge >= 0.3 is 5.69 Å². The predicted octanol–water partition coefficient (Wildman–Crippen LogP) is 1.61. The molecular weight excluding hydrogens is 420 g/mol. The molecule has 1 N–H and O–H groups in total. The van der Waals surface area contributed by atoms with Crippen LogP contribution in [0.1, 0.15) is 34.6 Å². The monoisotopic (exact) mass is 444 g/mol. The zero-order valence-electron chi connectivity index (χ0n) is 18.3. The lowest BCUT2D eigenvalue weighted by Crippen LogP contribution is -2.41. The molecule has 0 fully saturated rings. The van der Waals surface area contributed by atoms with E-state index in [0.29, 0.717) is 13.1 Å². The number of nitrogens with zero attached hydrogens (tertiary/aromatic N) is 3. The van der Waals surface area contributed by atoms with Crippen LogP contribution in [0.15, 0.2) is 64.2 Å². The number of fused-ring (bicyclic) bond motifs is 2. The van der Waals surface area contributed by atoms with Gasteiger partial charge in [-0.3, -0.25) is 23.5 Å². The number of carbonyl (C=O) groups is 2. The summed E-state index contributed by atoms with van der Waals surface area (Å²) in [6.07, 6.45) is 0.646. The minimum absolute atomic E-state index is 0.111. The van der Waals surface area contributed by atoms with Crippen molar-refractivity contribution in [3.05, 3.63) is 97.7 Å². The lowest BCUT2D eigenvalue weighted by molar-refractivity contribution is -0.134. The Balaban J connectivity index is 1.46. The molecule has 0 spiro atoms. The van der Waals surface area contributed by atoms with E-state index in [1.165, 1.54) is 17.2 Å². The zero-order valence-corrected chi connectivity index (χ0v) is 18.3. The summed E-state index contributed by atoms with van der Waals surface area (Å²) in [7, 11) is 1.40. The van der Waals surface area contributed by atoms with Gasteiger partial charge in [0.15, 0.2) is 0 Å². The van der Waals surface area contributed by atoms with Crippen LogP contribution in [0.4, 0.5) is 5.82 Å². The van der Waals surface area contributed by atoms with Crippen LogP contribution in [0.3, 0.4) is 0 Å². The first-order chi connectivity index (χ1) is 15.9. The van der Waals surface area contributed by atoms with Gasteiger partial charge in [0.05, 0.1) is 18.0 Å². The fraction of sp³-hybridized carbons (Fsp3) is 0.280. The SMILES string of the molecule is Cn1c(=O)c2c(n(Cc3ccccc3)c1=O)NC(=O)[C@@H]2CC(=O)N1CCc2ccccc2C1. The zero-order chi connectivity index (χ0) is 23.1. The van der Waals surface area contributed by atoms with Crippen LogP contribution in [-0.2, 0) is 36.1 Å². The molecule has 3 aromatic rings. The predicted molar refractivity (Wildman–Crippen MR) is 123 cm³/mol. The first-order valence-electron chi connectivity index (χ1n) is 11.0. The molecule has 5 rings (SSSR count). The van der Waals surface area contributed by atoms with Crippen molar-refractivity contribution in [2.24, 2.45) is 7.05 Å². The Hall–Kier alpha value is -3.94. The summed E-state index contributed by atoms with van der Waals surface area (Å²) in [5.41, 5.74) is 2.32. The van der Waals surface area contributed by atoms with Crippen molar-refractivity contribution >= 4 is 17.6 Å². The van der Waals surface area contributed by atoms with Gasteiger partial charge in [0.25, 0.3) is 5.56 Å². The average molecular weight is 444 g/mol. The van der Waals surface area contributed by atoms with Crippen molar-refractivity contribution in [3.8, 4) is 0 Å². The Labute approximate surface area is 190 Å². The van der Waals surface area contributed by atoms with Gasteiger partial charge in [-0.2, -0.15) is 0 Å². The first-order valence-corrected chi connectivity index (χ1v) is 11.0. The van der Waals surface area contributed by atoms with Gasteiger partial charge in [0, 0.05) is 26.6 Å². The van der Waals surface area contributed by atoms with E-state index in [1.807, 2.05) is 48.5 Å². The van der Waals surface area contributed by atoms with Gasteiger partial charge in [-0.15, -0.1) is 0 Å². The quantitative estimate of drug-likeness (QED) is 0.662. The Kier molecular flexibility index (Phi) is 5.20. The van der Waals surface area contributed by atoms with Crippen LogP contribution >= 0.6 is 0 Å². The molecule has 1 aromatic heterocycles. The van der Waals surface area contributed by atoms with Crippen molar-refractivity contribution < 1.29 is 9.59 Å². The van der Waals surface area contributed by atoms with Gasteiger partial charge in [-0.1, -0.05) is 54.6 Å². The summed E-state index contributed by atoms with van der Waals surface area (Å²) in [6, 6.07) is 17.3. The summed E-state index contributed by atoms with van der Waals surface area (Å²) in [6.45, 7) is 1.27. The van der Waals surface area contributed by atoms with Gasteiger partial charge in [-0.05, 0) is 23.1 Å². The van der Waals surface area contributed by atoms with E-state index in [0.717, 1.165) is 22.1 Å². The highest BCUT2D eigenvalue weighted by molar-refractivity contribution is 6.04. The Morgan fingerprint density at radius 1 is 1.00 bits per heavy atom. The van der Waals surface area contributed by atoms with E-state index in [9.17, 15) is 19.2 Å². The maximum absolute atomic E-state index is 13.1. The highest BCUT2D eigenvalue weighted by atomic mass is 16.2. The Bertz CT molecular complexity index is 1370. The van der Waals surface area contributed by atoms with E-state index >= 15 is 0 Å². The molecule has 8 heteroatoms. The largest absolute Gasteiger partial charge is 0.338 e. The minimum Gasteiger partial charge on any atom is -0.338 e. The van der Waals surface area contributed by atoms with Crippen LogP contribution in [0.25, 0.3) is 0 Å². The molecule has 2 amide bonds. The topological polar surface area (TPSA) is 93.4 Å². The van der Waals surface area contributed by atoms with Crippen molar-refractivity contribution in [3.63, 3.8) is 0 Å². The fourth-order valence-electron chi connectivity index (χ4n) is 4.69. The van der Waals surface area contributed by atoms with Crippen molar-refractivity contribution in [2.45, 2.75) is 31.8 Å². The van der Waals surface area contributed by atoms with E-state index in [-0.39, 0.29) is 30.3 Å². The maximum atomic E-state index is 13.1. The molecule has 0 bridgehead atoms. The van der Waals surface area contributed by atoms with Gasteiger partial charge < -0.3 is 10.2 Å². The molecule has 0 unspecified atom stereocenters. The van der Waals surface area contributed by atoms with Crippen molar-refractivity contribution in [1.82, 2.24) is 14.0 Å². The van der Waals surface area contributed by atoms with Gasteiger partial charge in [-0.25, -0.2) is 4.79 Å². The number of carbonyl (C=O) groups excluding carboxylic acids is 2. The highest BCUT2D eigenvalue weighted by Gasteiger charge is 2.39. The van der Waals surface area contributed by atoms with E-state index in [2.05, 4.69) is 11.4 Å². The summed E-state index contributed by atoms with van der Waals surface area (Å²) < 4.78 is 2.41. The molecule has 2 aliphatic rings. The second-order valence-electron chi connectivity index (χ2n) is 8.56. The number of benzene rings is 2. The molecule has 0 radical (unpaired) electrons. The number of nitrogens with one attached hydrogen (secondary N) is 1. The third kappa shape index (κ3) is 3.67. The molecule has 2 aliphatic heterocycles. The summed E-state index contributed by atoms with van der Waals surface area (Å²) in [4.78, 5) is 53.6. The summed E-state index contributed by atoms with van der Waals surface area (Å²) in [5.74, 6) is -1.34. The normalized spacial score (nSPS) is 16.8. The Morgan fingerprint density at radius 3 is 2.45 bits per heavy atom. The second-order valence-corrected chi connectivity index (χ2v) is 8.56. The molecular formula is C25H24N4O4. The van der Waals surface area contributed by atoms with E-state index < -0.39 is 23.1 Å². The number of anilines is 1.